The van der Waals surface area contributed by atoms with Crippen molar-refractivity contribution in [2.45, 2.75) is 65.1 Å². The molecule has 0 saturated carbocycles. The van der Waals surface area contributed by atoms with Gasteiger partial charge in [0.25, 0.3) is 5.91 Å². The largest absolute Gasteiger partial charge is 0.550 e. The molecule has 2 fully saturated rings. The first kappa shape index (κ1) is 22.3. The Morgan fingerprint density at radius 3 is 2.60 bits per heavy atom. The zero-order chi connectivity index (χ0) is 22.1. The summed E-state index contributed by atoms with van der Waals surface area (Å²) < 4.78 is 0. The van der Waals surface area contributed by atoms with E-state index in [1.807, 2.05) is 24.4 Å². The average Bonchev–Trinajstić information content (AvgIpc) is 3.30. The van der Waals surface area contributed by atoms with E-state index in [0.717, 1.165) is 4.88 Å². The van der Waals surface area contributed by atoms with E-state index in [1.165, 1.54) is 4.90 Å². The Labute approximate surface area is 180 Å². The predicted octanol–water partition coefficient (Wildman–Crippen LogP) is 1.45. The summed E-state index contributed by atoms with van der Waals surface area (Å²) >= 11 is 1.55. The molecule has 2 aliphatic rings. The van der Waals surface area contributed by atoms with Crippen LogP contribution in [0.25, 0.3) is 0 Å². The van der Waals surface area contributed by atoms with Crippen LogP contribution in [0.2, 0.25) is 0 Å². The fourth-order valence-corrected chi connectivity index (χ4v) is 5.08. The van der Waals surface area contributed by atoms with Gasteiger partial charge in [0.2, 0.25) is 5.91 Å². The summed E-state index contributed by atoms with van der Waals surface area (Å²) in [6, 6.07) is 2.48. The third kappa shape index (κ3) is 4.50. The van der Waals surface area contributed by atoms with Gasteiger partial charge < -0.3 is 19.7 Å². The normalized spacial score (nSPS) is 21.9. The second kappa shape index (κ2) is 8.75. The summed E-state index contributed by atoms with van der Waals surface area (Å²) in [6.07, 6.45) is 0.929. The Morgan fingerprint density at radius 2 is 2.00 bits per heavy atom. The maximum Gasteiger partial charge on any atom is 0.327 e. The Kier molecular flexibility index (Phi) is 6.50. The second-order valence-corrected chi connectivity index (χ2v) is 9.79. The van der Waals surface area contributed by atoms with Crippen LogP contribution >= 0.6 is 11.3 Å². The van der Waals surface area contributed by atoms with Crippen LogP contribution in [0.5, 0.6) is 0 Å². The molecule has 9 heteroatoms. The molecule has 1 aromatic rings. The summed E-state index contributed by atoms with van der Waals surface area (Å²) in [7, 11) is 0. The SMILES string of the molecule is CCCN1C(=O)[C@@H]2[C@@H](CCN2C(=O)CC(C)(C)CC(=O)[O-])N(Cc2cccs2)C1=O. The van der Waals surface area contributed by atoms with E-state index in [2.05, 4.69) is 0 Å². The summed E-state index contributed by atoms with van der Waals surface area (Å²) in [5.74, 6) is -1.80. The van der Waals surface area contributed by atoms with Crippen molar-refractivity contribution < 1.29 is 24.3 Å². The Bertz CT molecular complexity index is 823. The Balaban J connectivity index is 1.84. The maximum atomic E-state index is 13.2. The molecule has 0 N–H and O–H groups in total. The average molecular weight is 435 g/mol. The van der Waals surface area contributed by atoms with Gasteiger partial charge in [-0.05, 0) is 36.1 Å². The monoisotopic (exact) mass is 434 g/mol. The zero-order valence-electron chi connectivity index (χ0n) is 17.6. The van der Waals surface area contributed by atoms with Gasteiger partial charge in [-0.1, -0.05) is 26.8 Å². The first-order valence-electron chi connectivity index (χ1n) is 10.3. The fraction of sp³-hybridized carbons (Fsp3) is 0.619. The number of likely N-dealkylation sites (tertiary alicyclic amines) is 1. The van der Waals surface area contributed by atoms with Crippen LogP contribution in [0.3, 0.4) is 0 Å². The van der Waals surface area contributed by atoms with E-state index >= 15 is 0 Å². The van der Waals surface area contributed by atoms with E-state index in [4.69, 9.17) is 0 Å². The zero-order valence-corrected chi connectivity index (χ0v) is 18.4. The molecule has 8 nitrogen and oxygen atoms in total. The number of imide groups is 1. The molecule has 3 heterocycles. The molecule has 2 aliphatic heterocycles. The van der Waals surface area contributed by atoms with Crippen molar-refractivity contribution in [1.29, 1.82) is 0 Å². The Morgan fingerprint density at radius 1 is 1.27 bits per heavy atom. The number of carbonyl (C=O) groups is 4. The first-order chi connectivity index (χ1) is 14.1. The lowest BCUT2D eigenvalue weighted by Gasteiger charge is -2.43. The molecular weight excluding hydrogens is 406 g/mol. The third-order valence-corrected chi connectivity index (χ3v) is 6.55. The molecule has 0 radical (unpaired) electrons. The van der Waals surface area contributed by atoms with Crippen molar-refractivity contribution in [3.63, 3.8) is 0 Å². The van der Waals surface area contributed by atoms with Crippen molar-refractivity contribution in [2.75, 3.05) is 13.1 Å². The number of nitrogens with zero attached hydrogens (tertiary/aromatic N) is 3. The van der Waals surface area contributed by atoms with Crippen LogP contribution in [0.15, 0.2) is 17.5 Å². The van der Waals surface area contributed by atoms with Gasteiger partial charge in [0, 0.05) is 30.4 Å². The number of hydrogen-bond donors (Lipinski definition) is 0. The standard InChI is InChI=1S/C21H29N3O5S/c1-4-8-23-19(28)18-15(24(20(23)29)13-14-6-5-10-30-14)7-9-22(18)16(25)11-21(2,3)12-17(26)27/h5-6,10,15,18H,4,7-9,11-13H2,1-3H3,(H,26,27)/p-1/t15-,18+/m1/s1. The van der Waals surface area contributed by atoms with E-state index in [9.17, 15) is 24.3 Å². The summed E-state index contributed by atoms with van der Waals surface area (Å²) in [6.45, 7) is 6.38. The van der Waals surface area contributed by atoms with Crippen molar-refractivity contribution in [1.82, 2.24) is 14.7 Å². The van der Waals surface area contributed by atoms with Crippen molar-refractivity contribution in [2.24, 2.45) is 5.41 Å². The van der Waals surface area contributed by atoms with Crippen molar-refractivity contribution >= 4 is 35.2 Å². The van der Waals surface area contributed by atoms with Gasteiger partial charge in [0.05, 0.1) is 12.6 Å². The molecule has 0 unspecified atom stereocenters. The van der Waals surface area contributed by atoms with Gasteiger partial charge in [-0.2, -0.15) is 0 Å². The van der Waals surface area contributed by atoms with Gasteiger partial charge in [0.15, 0.2) is 0 Å². The lowest BCUT2D eigenvalue weighted by molar-refractivity contribution is -0.307. The van der Waals surface area contributed by atoms with Crippen LogP contribution in [0.1, 0.15) is 51.3 Å². The number of thiophene rings is 1. The maximum absolute atomic E-state index is 13.2. The number of carbonyl (C=O) groups excluding carboxylic acids is 4. The van der Waals surface area contributed by atoms with Gasteiger partial charge in [-0.3, -0.25) is 14.5 Å². The minimum absolute atomic E-state index is 0.00410. The number of rotatable bonds is 8. The number of aliphatic carboxylic acids is 1. The minimum Gasteiger partial charge on any atom is -0.550 e. The van der Waals surface area contributed by atoms with Crippen LogP contribution < -0.4 is 5.11 Å². The van der Waals surface area contributed by atoms with Crippen molar-refractivity contribution in [3.05, 3.63) is 22.4 Å². The van der Waals surface area contributed by atoms with Crippen molar-refractivity contribution in [3.8, 4) is 0 Å². The number of urea groups is 1. The highest BCUT2D eigenvalue weighted by Crippen LogP contribution is 2.34. The van der Waals surface area contributed by atoms with Gasteiger partial charge in [-0.15, -0.1) is 11.3 Å². The van der Waals surface area contributed by atoms with E-state index in [1.54, 1.807) is 35.0 Å². The molecule has 2 saturated heterocycles. The van der Waals surface area contributed by atoms with E-state index < -0.39 is 17.4 Å². The van der Waals surface area contributed by atoms with Crippen LogP contribution in [0.4, 0.5) is 4.79 Å². The van der Waals surface area contributed by atoms with Gasteiger partial charge in [0.1, 0.15) is 6.04 Å². The third-order valence-electron chi connectivity index (χ3n) is 5.69. The van der Waals surface area contributed by atoms with Crippen LogP contribution in [-0.2, 0) is 20.9 Å². The quantitative estimate of drug-likeness (QED) is 0.616. The smallest absolute Gasteiger partial charge is 0.327 e. The number of hydrogen-bond acceptors (Lipinski definition) is 6. The fourth-order valence-electron chi connectivity index (χ4n) is 4.38. The highest BCUT2D eigenvalue weighted by Gasteiger charge is 2.53. The molecule has 1 aromatic heterocycles. The number of carboxylic acid groups (broad SMARTS) is 1. The molecule has 0 spiro atoms. The highest BCUT2D eigenvalue weighted by molar-refractivity contribution is 7.09. The first-order valence-corrected chi connectivity index (χ1v) is 11.2. The minimum atomic E-state index is -1.21. The lowest BCUT2D eigenvalue weighted by Crippen LogP contribution is -2.65. The predicted molar refractivity (Wildman–Crippen MR) is 109 cm³/mol. The number of amides is 4. The molecule has 3 rings (SSSR count). The second-order valence-electron chi connectivity index (χ2n) is 8.76. The molecule has 0 aliphatic carbocycles. The molecule has 2 atom stereocenters. The van der Waals surface area contributed by atoms with Gasteiger partial charge in [-0.25, -0.2) is 4.79 Å². The lowest BCUT2D eigenvalue weighted by atomic mass is 9.85. The Hall–Kier alpha value is -2.42. The molecular formula is C21H28N3O5S-. The van der Waals surface area contributed by atoms with Gasteiger partial charge >= 0.3 is 6.03 Å². The molecule has 0 bridgehead atoms. The molecule has 0 aromatic carbocycles. The summed E-state index contributed by atoms with van der Waals surface area (Å²) in [4.78, 5) is 55.9. The highest BCUT2D eigenvalue weighted by atomic mass is 32.1. The molecule has 164 valence electrons. The summed E-state index contributed by atoms with van der Waals surface area (Å²) in [5, 5.41) is 12.9. The van der Waals surface area contributed by atoms with E-state index in [-0.39, 0.29) is 36.7 Å². The molecule has 4 amide bonds. The van der Waals surface area contributed by atoms with Crippen LogP contribution in [0, 0.1) is 5.41 Å². The number of carboxylic acids is 1. The summed E-state index contributed by atoms with van der Waals surface area (Å²) in [5.41, 5.74) is -0.776. The number of fused-ring (bicyclic) bond motifs is 1. The van der Waals surface area contributed by atoms with Crippen LogP contribution in [-0.4, -0.2) is 63.7 Å². The molecule has 30 heavy (non-hydrogen) atoms. The topological polar surface area (TPSA) is 101 Å². The van der Waals surface area contributed by atoms with E-state index in [0.29, 0.717) is 32.5 Å².